The highest BCUT2D eigenvalue weighted by Crippen LogP contribution is 2.16. The van der Waals surface area contributed by atoms with Crippen molar-refractivity contribution in [2.45, 2.75) is 6.92 Å². The van der Waals surface area contributed by atoms with Crippen molar-refractivity contribution in [3.63, 3.8) is 0 Å². The van der Waals surface area contributed by atoms with Crippen LogP contribution in [0, 0.1) is 0 Å². The Morgan fingerprint density at radius 2 is 2.27 bits per heavy atom. The van der Waals surface area contributed by atoms with Gasteiger partial charge in [-0.25, -0.2) is 4.98 Å². The number of H-pyrrole nitrogens is 1. The number of halogens is 1. The maximum atomic E-state index is 11.7. The first-order valence-corrected chi connectivity index (χ1v) is 5.22. The van der Waals surface area contributed by atoms with E-state index in [-0.39, 0.29) is 5.56 Å². The molecule has 0 spiro atoms. The first-order valence-electron chi connectivity index (χ1n) is 4.43. The Hall–Kier alpha value is -1.42. The fourth-order valence-corrected chi connectivity index (χ4v) is 1.67. The van der Waals surface area contributed by atoms with E-state index in [1.807, 2.05) is 13.0 Å². The number of nitrogens with zero attached hydrogens (tertiary/aromatic N) is 1. The van der Waals surface area contributed by atoms with Gasteiger partial charge in [0.15, 0.2) is 0 Å². The predicted octanol–water partition coefficient (Wildman–Crippen LogP) is 2.72. The van der Waals surface area contributed by atoms with Crippen molar-refractivity contribution in [1.82, 2.24) is 9.97 Å². The summed E-state index contributed by atoms with van der Waals surface area (Å²) < 4.78 is 0.866. The van der Waals surface area contributed by atoms with Crippen LogP contribution in [0.5, 0.6) is 0 Å². The third-order valence-electron chi connectivity index (χ3n) is 2.07. The third kappa shape index (κ3) is 1.85. The lowest BCUT2D eigenvalue weighted by molar-refractivity contribution is 1.12. The number of hydrogen-bond acceptors (Lipinski definition) is 2. The molecule has 1 heterocycles. The molecule has 15 heavy (non-hydrogen) atoms. The van der Waals surface area contributed by atoms with Crippen LogP contribution in [0.1, 0.15) is 12.7 Å². The molecular formula is C11H9BrN2O. The van der Waals surface area contributed by atoms with Crippen molar-refractivity contribution < 1.29 is 0 Å². The molecule has 0 aliphatic carbocycles. The number of aromatic nitrogens is 2. The maximum Gasteiger partial charge on any atom is 0.259 e. The summed E-state index contributed by atoms with van der Waals surface area (Å²) in [6, 6.07) is 5.42. The van der Waals surface area contributed by atoms with Gasteiger partial charge in [0, 0.05) is 4.47 Å². The monoisotopic (exact) mass is 264 g/mol. The summed E-state index contributed by atoms with van der Waals surface area (Å²) in [5.41, 5.74) is 1.29. The molecule has 76 valence electrons. The normalized spacial score (nSPS) is 10.5. The van der Waals surface area contributed by atoms with Crippen LogP contribution in [0.3, 0.4) is 0 Å². The van der Waals surface area contributed by atoms with Gasteiger partial charge in [-0.1, -0.05) is 22.5 Å². The summed E-state index contributed by atoms with van der Waals surface area (Å²) in [6.45, 7) is 5.56. The summed E-state index contributed by atoms with van der Waals surface area (Å²) in [5.74, 6) is 0.537. The molecule has 0 aliphatic heterocycles. The Balaban J connectivity index is 2.84. The Morgan fingerprint density at radius 1 is 1.53 bits per heavy atom. The van der Waals surface area contributed by atoms with Crippen LogP contribution in [0.15, 0.2) is 34.0 Å². The number of allylic oxidation sites excluding steroid dienone is 1. The summed E-state index contributed by atoms with van der Waals surface area (Å²) in [5, 5.41) is 0.578. The Labute approximate surface area is 95.0 Å². The molecule has 0 amide bonds. The van der Waals surface area contributed by atoms with E-state index in [0.29, 0.717) is 16.7 Å². The zero-order valence-corrected chi connectivity index (χ0v) is 9.76. The van der Waals surface area contributed by atoms with Gasteiger partial charge < -0.3 is 4.98 Å². The number of nitrogens with one attached hydrogen (secondary N) is 1. The predicted molar refractivity (Wildman–Crippen MR) is 64.8 cm³/mol. The fraction of sp³-hybridized carbons (Fsp3) is 0.0909. The van der Waals surface area contributed by atoms with Crippen molar-refractivity contribution >= 4 is 32.4 Å². The van der Waals surface area contributed by atoms with Crippen LogP contribution in [-0.2, 0) is 0 Å². The molecule has 2 rings (SSSR count). The zero-order valence-electron chi connectivity index (χ0n) is 8.17. The molecule has 0 bridgehead atoms. The van der Waals surface area contributed by atoms with Gasteiger partial charge in [-0.15, -0.1) is 0 Å². The average Bonchev–Trinajstić information content (AvgIpc) is 2.18. The molecule has 4 heteroatoms. The zero-order chi connectivity index (χ0) is 11.0. The number of hydrogen-bond donors (Lipinski definition) is 1. The van der Waals surface area contributed by atoms with Crippen LogP contribution in [0.2, 0.25) is 0 Å². The van der Waals surface area contributed by atoms with Crippen molar-refractivity contribution in [1.29, 1.82) is 0 Å². The van der Waals surface area contributed by atoms with Gasteiger partial charge in [0.1, 0.15) is 5.82 Å². The SMILES string of the molecule is C=C(C)c1nc2ccc(Br)cc2c(=O)[nH]1. The van der Waals surface area contributed by atoms with Gasteiger partial charge in [-0.3, -0.25) is 4.79 Å². The van der Waals surface area contributed by atoms with E-state index >= 15 is 0 Å². The summed E-state index contributed by atoms with van der Waals surface area (Å²) in [4.78, 5) is 18.7. The van der Waals surface area contributed by atoms with E-state index in [4.69, 9.17) is 0 Å². The molecule has 0 saturated carbocycles. The van der Waals surface area contributed by atoms with Gasteiger partial charge >= 0.3 is 0 Å². The minimum Gasteiger partial charge on any atom is -0.306 e. The number of aromatic amines is 1. The van der Waals surface area contributed by atoms with E-state index in [1.54, 1.807) is 12.1 Å². The van der Waals surface area contributed by atoms with Crippen LogP contribution in [0.25, 0.3) is 16.5 Å². The highest BCUT2D eigenvalue weighted by molar-refractivity contribution is 9.10. The molecule has 1 aromatic heterocycles. The molecular weight excluding hydrogens is 256 g/mol. The average molecular weight is 265 g/mol. The standard InChI is InChI=1S/C11H9BrN2O/c1-6(2)10-13-9-4-3-7(12)5-8(9)11(15)14-10/h3-5H,1H2,2H3,(H,13,14,15). The first-order chi connectivity index (χ1) is 7.08. The Bertz CT molecular complexity index is 601. The highest BCUT2D eigenvalue weighted by atomic mass is 79.9. The van der Waals surface area contributed by atoms with E-state index < -0.39 is 0 Å². The largest absolute Gasteiger partial charge is 0.306 e. The molecule has 0 atom stereocenters. The molecule has 2 aromatic rings. The quantitative estimate of drug-likeness (QED) is 0.861. The lowest BCUT2D eigenvalue weighted by Gasteiger charge is -2.01. The topological polar surface area (TPSA) is 45.8 Å². The van der Waals surface area contributed by atoms with E-state index in [9.17, 15) is 4.79 Å². The van der Waals surface area contributed by atoms with E-state index in [2.05, 4.69) is 32.5 Å². The molecule has 0 fully saturated rings. The van der Waals surface area contributed by atoms with Crippen molar-refractivity contribution in [3.05, 3.63) is 45.4 Å². The van der Waals surface area contributed by atoms with E-state index in [0.717, 1.165) is 10.0 Å². The first kappa shape index (κ1) is 10.1. The molecule has 0 saturated heterocycles. The minimum absolute atomic E-state index is 0.140. The van der Waals surface area contributed by atoms with Crippen molar-refractivity contribution in [3.8, 4) is 0 Å². The minimum atomic E-state index is -0.140. The second-order valence-corrected chi connectivity index (χ2v) is 4.27. The summed E-state index contributed by atoms with van der Waals surface area (Å²) in [7, 11) is 0. The van der Waals surface area contributed by atoms with Gasteiger partial charge in [0.2, 0.25) is 0 Å². The molecule has 0 radical (unpaired) electrons. The molecule has 0 unspecified atom stereocenters. The summed E-state index contributed by atoms with van der Waals surface area (Å²) >= 11 is 3.32. The third-order valence-corrected chi connectivity index (χ3v) is 2.56. The van der Waals surface area contributed by atoms with Crippen LogP contribution >= 0.6 is 15.9 Å². The second kappa shape index (κ2) is 3.62. The van der Waals surface area contributed by atoms with Crippen molar-refractivity contribution in [2.75, 3.05) is 0 Å². The highest BCUT2D eigenvalue weighted by Gasteiger charge is 2.04. The number of benzene rings is 1. The maximum absolute atomic E-state index is 11.7. The number of fused-ring (bicyclic) bond motifs is 1. The van der Waals surface area contributed by atoms with Crippen LogP contribution in [-0.4, -0.2) is 9.97 Å². The Morgan fingerprint density at radius 3 is 2.93 bits per heavy atom. The lowest BCUT2D eigenvalue weighted by atomic mass is 10.2. The van der Waals surface area contributed by atoms with E-state index in [1.165, 1.54) is 0 Å². The second-order valence-electron chi connectivity index (χ2n) is 3.36. The Kier molecular flexibility index (Phi) is 2.44. The smallest absolute Gasteiger partial charge is 0.259 e. The number of rotatable bonds is 1. The lowest BCUT2D eigenvalue weighted by Crippen LogP contribution is -2.10. The van der Waals surface area contributed by atoms with Crippen molar-refractivity contribution in [2.24, 2.45) is 0 Å². The van der Waals surface area contributed by atoms with Gasteiger partial charge in [0.25, 0.3) is 5.56 Å². The van der Waals surface area contributed by atoms with Gasteiger partial charge in [-0.2, -0.15) is 0 Å². The van der Waals surface area contributed by atoms with Gasteiger partial charge in [0.05, 0.1) is 10.9 Å². The molecule has 1 aromatic carbocycles. The summed E-state index contributed by atoms with van der Waals surface area (Å²) in [6.07, 6.45) is 0. The fourth-order valence-electron chi connectivity index (χ4n) is 1.31. The van der Waals surface area contributed by atoms with Crippen LogP contribution in [0.4, 0.5) is 0 Å². The molecule has 1 N–H and O–H groups in total. The molecule has 3 nitrogen and oxygen atoms in total. The van der Waals surface area contributed by atoms with Crippen LogP contribution < -0.4 is 5.56 Å². The molecule has 0 aliphatic rings. The van der Waals surface area contributed by atoms with Gasteiger partial charge in [-0.05, 0) is 30.7 Å².